The highest BCUT2D eigenvalue weighted by Gasteiger charge is 2.33. The van der Waals surface area contributed by atoms with Gasteiger partial charge in [0.05, 0.1) is 17.5 Å². The molecule has 3 rings (SSSR count). The lowest BCUT2D eigenvalue weighted by Crippen LogP contribution is -2.52. The summed E-state index contributed by atoms with van der Waals surface area (Å²) in [5.41, 5.74) is 0.402. The van der Waals surface area contributed by atoms with Crippen LogP contribution in [-0.4, -0.2) is 50.0 Å². The van der Waals surface area contributed by atoms with Gasteiger partial charge >= 0.3 is 6.18 Å². The van der Waals surface area contributed by atoms with Crippen molar-refractivity contribution in [2.24, 2.45) is 0 Å². The van der Waals surface area contributed by atoms with Gasteiger partial charge in [-0.1, -0.05) is 67.1 Å². The van der Waals surface area contributed by atoms with Crippen molar-refractivity contribution in [3.8, 4) is 0 Å². The summed E-state index contributed by atoms with van der Waals surface area (Å²) in [6.45, 7) is 3.63. The maximum Gasteiger partial charge on any atom is 0.416 e. The van der Waals surface area contributed by atoms with E-state index in [1.165, 1.54) is 11.0 Å². The average Bonchev–Trinajstić information content (AvgIpc) is 2.96. The maximum atomic E-state index is 13.9. The van der Waals surface area contributed by atoms with Gasteiger partial charge in [-0.05, 0) is 61.2 Å². The second kappa shape index (κ2) is 15.4. The highest BCUT2D eigenvalue weighted by molar-refractivity contribution is 7.92. The van der Waals surface area contributed by atoms with Gasteiger partial charge in [0.1, 0.15) is 6.04 Å². The molecule has 0 heterocycles. The van der Waals surface area contributed by atoms with Gasteiger partial charge in [-0.15, -0.1) is 0 Å². The second-order valence-corrected chi connectivity index (χ2v) is 13.0. The van der Waals surface area contributed by atoms with Gasteiger partial charge in [-0.3, -0.25) is 13.9 Å². The number of benzene rings is 3. The number of hydrogen-bond acceptors (Lipinski definition) is 4. The Kier molecular flexibility index (Phi) is 12.2. The summed E-state index contributed by atoms with van der Waals surface area (Å²) in [5, 5.41) is 3.44. The number of nitrogens with one attached hydrogen (secondary N) is 1. The topological polar surface area (TPSA) is 86.8 Å². The number of rotatable bonds is 14. The van der Waals surface area contributed by atoms with Crippen LogP contribution < -0.4 is 9.62 Å². The zero-order chi connectivity index (χ0) is 32.5. The summed E-state index contributed by atoms with van der Waals surface area (Å²) < 4.78 is 66.0. The van der Waals surface area contributed by atoms with E-state index in [2.05, 4.69) is 5.32 Å². The molecule has 44 heavy (non-hydrogen) atoms. The van der Waals surface area contributed by atoms with Gasteiger partial charge in [0.25, 0.3) is 0 Å². The minimum atomic E-state index is -4.65. The lowest BCUT2D eigenvalue weighted by molar-refractivity contribution is -0.141. The third-order valence-corrected chi connectivity index (χ3v) is 8.56. The van der Waals surface area contributed by atoms with E-state index >= 15 is 0 Å². The average molecular weight is 652 g/mol. The molecule has 0 aliphatic carbocycles. The molecule has 238 valence electrons. The van der Waals surface area contributed by atoms with Crippen LogP contribution in [-0.2, 0) is 38.8 Å². The van der Waals surface area contributed by atoms with Gasteiger partial charge in [0.15, 0.2) is 0 Å². The summed E-state index contributed by atoms with van der Waals surface area (Å²) in [6.07, 6.45) is -3.00. The Balaban J connectivity index is 1.91. The van der Waals surface area contributed by atoms with Crippen molar-refractivity contribution in [2.45, 2.75) is 64.3 Å². The van der Waals surface area contributed by atoms with Crippen LogP contribution in [0.25, 0.3) is 0 Å². The SMILES string of the molecule is CC[C@H](C)NC(=O)[C@@H](Cc1ccccc1)N(Cc1cccc(Cl)c1)C(=O)CCCN(c1cccc(C(F)(F)F)c1)S(C)(=O)=O. The van der Waals surface area contributed by atoms with E-state index in [1.54, 1.807) is 24.3 Å². The van der Waals surface area contributed by atoms with Crippen LogP contribution in [0.5, 0.6) is 0 Å². The Hall–Kier alpha value is -3.57. The van der Waals surface area contributed by atoms with Crippen LogP contribution in [0.15, 0.2) is 78.9 Å². The van der Waals surface area contributed by atoms with E-state index in [9.17, 15) is 31.2 Å². The smallest absolute Gasteiger partial charge is 0.352 e. The molecule has 3 aromatic rings. The molecule has 2 amide bonds. The van der Waals surface area contributed by atoms with Crippen LogP contribution in [0.4, 0.5) is 18.9 Å². The number of sulfonamides is 1. The molecular formula is C32H37ClF3N3O4S. The van der Waals surface area contributed by atoms with E-state index in [4.69, 9.17) is 11.6 Å². The van der Waals surface area contributed by atoms with Gasteiger partial charge in [0, 0.05) is 37.0 Å². The summed E-state index contributed by atoms with van der Waals surface area (Å²) in [4.78, 5) is 29.0. The number of hydrogen-bond donors (Lipinski definition) is 1. The molecule has 2 atom stereocenters. The Morgan fingerprint density at radius 1 is 0.955 bits per heavy atom. The van der Waals surface area contributed by atoms with Gasteiger partial charge in [-0.25, -0.2) is 8.42 Å². The summed E-state index contributed by atoms with van der Waals surface area (Å²) in [7, 11) is -3.98. The van der Waals surface area contributed by atoms with Crippen molar-refractivity contribution in [2.75, 3.05) is 17.1 Å². The number of nitrogens with zero attached hydrogens (tertiary/aromatic N) is 2. The number of anilines is 1. The number of halogens is 4. The van der Waals surface area contributed by atoms with Crippen LogP contribution in [0.2, 0.25) is 5.02 Å². The van der Waals surface area contributed by atoms with Crippen molar-refractivity contribution in [3.05, 3.63) is 101 Å². The van der Waals surface area contributed by atoms with E-state index in [-0.39, 0.29) is 50.0 Å². The van der Waals surface area contributed by atoms with Crippen LogP contribution >= 0.6 is 11.6 Å². The van der Waals surface area contributed by atoms with E-state index in [0.29, 0.717) is 17.0 Å². The molecule has 1 N–H and O–H groups in total. The summed E-state index contributed by atoms with van der Waals surface area (Å²) in [5.74, 6) is -0.747. The highest BCUT2D eigenvalue weighted by atomic mass is 35.5. The molecule has 0 saturated carbocycles. The van der Waals surface area contributed by atoms with Crippen molar-refractivity contribution in [1.29, 1.82) is 0 Å². The fraction of sp³-hybridized carbons (Fsp3) is 0.375. The first kappa shape index (κ1) is 34.9. The molecule has 0 radical (unpaired) electrons. The van der Waals surface area contributed by atoms with Crippen molar-refractivity contribution in [3.63, 3.8) is 0 Å². The van der Waals surface area contributed by atoms with Crippen LogP contribution in [0.1, 0.15) is 49.8 Å². The molecule has 7 nitrogen and oxygen atoms in total. The number of carbonyl (C=O) groups excluding carboxylic acids is 2. The quantitative estimate of drug-likeness (QED) is 0.217. The number of amides is 2. The van der Waals surface area contributed by atoms with Crippen molar-refractivity contribution in [1.82, 2.24) is 10.2 Å². The molecule has 0 fully saturated rings. The van der Waals surface area contributed by atoms with Gasteiger partial charge in [0.2, 0.25) is 21.8 Å². The van der Waals surface area contributed by atoms with E-state index < -0.39 is 33.7 Å². The molecule has 0 spiro atoms. The first-order chi connectivity index (χ1) is 20.7. The Morgan fingerprint density at radius 3 is 2.23 bits per heavy atom. The zero-order valence-electron chi connectivity index (χ0n) is 24.9. The van der Waals surface area contributed by atoms with Crippen molar-refractivity contribution >= 4 is 39.1 Å². The fourth-order valence-electron chi connectivity index (χ4n) is 4.67. The van der Waals surface area contributed by atoms with Crippen molar-refractivity contribution < 1.29 is 31.2 Å². The molecule has 0 saturated heterocycles. The zero-order valence-corrected chi connectivity index (χ0v) is 26.4. The summed E-state index contributed by atoms with van der Waals surface area (Å²) in [6, 6.07) is 19.2. The van der Waals surface area contributed by atoms with Gasteiger partial charge in [-0.2, -0.15) is 13.2 Å². The summed E-state index contributed by atoms with van der Waals surface area (Å²) >= 11 is 6.21. The standard InChI is InChI=1S/C32H37ClF3N3O4S/c1-4-23(2)37-31(41)29(20-24-11-6-5-7-12-24)38(22-25-13-8-15-27(33)19-25)30(40)17-10-18-39(44(3,42)43)28-16-9-14-26(21-28)32(34,35)36/h5-9,11-16,19,21,23,29H,4,10,17-18,20,22H2,1-3H3,(H,37,41)/t23-,29+/m0/s1. The van der Waals surface area contributed by atoms with E-state index in [0.717, 1.165) is 34.3 Å². The number of alkyl halides is 3. The van der Waals surface area contributed by atoms with Crippen LogP contribution in [0, 0.1) is 0 Å². The monoisotopic (exact) mass is 651 g/mol. The highest BCUT2D eigenvalue weighted by Crippen LogP contribution is 2.32. The molecule has 0 unspecified atom stereocenters. The Bertz CT molecular complexity index is 1520. The minimum Gasteiger partial charge on any atom is -0.352 e. The molecular weight excluding hydrogens is 615 g/mol. The predicted octanol–water partition coefficient (Wildman–Crippen LogP) is 6.46. The molecule has 0 bridgehead atoms. The minimum absolute atomic E-state index is 0.000760. The lowest BCUT2D eigenvalue weighted by Gasteiger charge is -2.33. The molecule has 0 aliphatic rings. The molecule has 12 heteroatoms. The first-order valence-electron chi connectivity index (χ1n) is 14.2. The Labute approximate surface area is 262 Å². The lowest BCUT2D eigenvalue weighted by atomic mass is 10.0. The maximum absolute atomic E-state index is 13.9. The second-order valence-electron chi connectivity index (χ2n) is 10.7. The number of carbonyl (C=O) groups is 2. The molecule has 0 aliphatic heterocycles. The first-order valence-corrected chi connectivity index (χ1v) is 16.4. The van der Waals surface area contributed by atoms with Gasteiger partial charge < -0.3 is 10.2 Å². The predicted molar refractivity (Wildman–Crippen MR) is 167 cm³/mol. The van der Waals surface area contributed by atoms with Crippen LogP contribution in [0.3, 0.4) is 0 Å². The Morgan fingerprint density at radius 2 is 1.61 bits per heavy atom. The van der Waals surface area contributed by atoms with E-state index in [1.807, 2.05) is 44.2 Å². The molecule has 0 aromatic heterocycles. The molecule has 3 aromatic carbocycles. The normalized spacial score (nSPS) is 13.2. The third kappa shape index (κ3) is 10.3. The fourth-order valence-corrected chi connectivity index (χ4v) is 5.84. The largest absolute Gasteiger partial charge is 0.416 e. The third-order valence-electron chi connectivity index (χ3n) is 7.13.